The van der Waals surface area contributed by atoms with E-state index < -0.39 is 0 Å². The molecule has 0 aromatic heterocycles. The van der Waals surface area contributed by atoms with Gasteiger partial charge in [0.2, 0.25) is 0 Å². The van der Waals surface area contributed by atoms with E-state index in [1.807, 2.05) is 26.2 Å². The van der Waals surface area contributed by atoms with Crippen molar-refractivity contribution < 1.29 is 0 Å². The second-order valence-corrected chi connectivity index (χ2v) is 2.41. The highest BCUT2D eigenvalue weighted by Crippen LogP contribution is 1.98. The molecule has 0 amide bonds. The van der Waals surface area contributed by atoms with Gasteiger partial charge in [0.05, 0.1) is 0 Å². The van der Waals surface area contributed by atoms with Gasteiger partial charge < -0.3 is 5.73 Å². The molecule has 2 N–H and O–H groups in total. The van der Waals surface area contributed by atoms with Crippen molar-refractivity contribution >= 4 is 16.9 Å². The third-order valence-electron chi connectivity index (χ3n) is 0.913. The average Bonchev–Trinajstić information content (AvgIpc) is 1.87. The first-order valence-electron chi connectivity index (χ1n) is 2.71. The van der Waals surface area contributed by atoms with Crippen LogP contribution < -0.4 is 5.73 Å². The molecule has 0 saturated heterocycles. The lowest BCUT2D eigenvalue weighted by Gasteiger charge is -1.92. The number of rotatable bonds is 1. The highest BCUT2D eigenvalue weighted by molar-refractivity contribution is 8.13. The predicted octanol–water partition coefficient (Wildman–Crippen LogP) is 1.59. The molecule has 0 aromatic rings. The largest absolute Gasteiger partial charge is 0.378 e. The number of nitrogens with zero attached hydrogens (tertiary/aromatic N) is 1. The van der Waals surface area contributed by atoms with Crippen molar-refractivity contribution in [3.63, 3.8) is 0 Å². The molecule has 0 heterocycles. The van der Waals surface area contributed by atoms with Crippen LogP contribution in [-0.2, 0) is 0 Å². The van der Waals surface area contributed by atoms with Gasteiger partial charge in [-0.1, -0.05) is 17.8 Å². The minimum absolute atomic E-state index is 0.616. The minimum atomic E-state index is 0.616. The number of nitrogens with two attached hydrogens (primary N) is 1. The third-order valence-corrected chi connectivity index (χ3v) is 1.42. The Hall–Kier alpha value is -0.440. The molecule has 0 aliphatic heterocycles. The molecule has 2 nitrogen and oxygen atoms in total. The molecule has 52 valence electrons. The van der Waals surface area contributed by atoms with Crippen molar-refractivity contribution in [1.29, 1.82) is 0 Å². The van der Waals surface area contributed by atoms with E-state index in [4.69, 9.17) is 5.73 Å². The molecular weight excluding hydrogens is 132 g/mol. The first kappa shape index (κ1) is 8.56. The molecule has 0 bridgehead atoms. The van der Waals surface area contributed by atoms with Gasteiger partial charge in [0.1, 0.15) is 0 Å². The van der Waals surface area contributed by atoms with Crippen LogP contribution in [0.5, 0.6) is 0 Å². The summed E-state index contributed by atoms with van der Waals surface area (Å²) < 4.78 is 0. The molecule has 0 aliphatic carbocycles. The first-order chi connectivity index (χ1) is 4.20. The number of amidine groups is 1. The van der Waals surface area contributed by atoms with Crippen LogP contribution in [-0.4, -0.2) is 11.4 Å². The standard InChI is InChI=1S/C6H12N2S/c1-4-5(2)8-6(7)9-3/h4H,1-3H3,(H2,7,8)/b5-4+. The van der Waals surface area contributed by atoms with E-state index in [1.54, 1.807) is 0 Å². The number of hydrogen-bond donors (Lipinski definition) is 1. The van der Waals surface area contributed by atoms with Gasteiger partial charge in [-0.2, -0.15) is 0 Å². The second-order valence-electron chi connectivity index (χ2n) is 1.58. The molecule has 0 fully saturated rings. The summed E-state index contributed by atoms with van der Waals surface area (Å²) in [5.41, 5.74) is 6.38. The summed E-state index contributed by atoms with van der Waals surface area (Å²) in [6, 6.07) is 0. The van der Waals surface area contributed by atoms with Crippen LogP contribution in [0.3, 0.4) is 0 Å². The lowest BCUT2D eigenvalue weighted by molar-refractivity contribution is 1.28. The summed E-state index contributed by atoms with van der Waals surface area (Å²) in [4.78, 5) is 4.03. The van der Waals surface area contributed by atoms with Gasteiger partial charge in [0.15, 0.2) is 5.17 Å². The summed E-state index contributed by atoms with van der Waals surface area (Å²) in [6.45, 7) is 3.86. The van der Waals surface area contributed by atoms with Gasteiger partial charge in [-0.15, -0.1) is 0 Å². The summed E-state index contributed by atoms with van der Waals surface area (Å²) in [6.07, 6.45) is 3.82. The zero-order valence-corrected chi connectivity index (χ0v) is 6.83. The zero-order valence-electron chi connectivity index (χ0n) is 6.01. The molecule has 0 unspecified atom stereocenters. The molecule has 9 heavy (non-hydrogen) atoms. The van der Waals surface area contributed by atoms with Crippen molar-refractivity contribution in [2.45, 2.75) is 13.8 Å². The maximum absolute atomic E-state index is 5.42. The number of allylic oxidation sites excluding steroid dienone is 2. The lowest BCUT2D eigenvalue weighted by atomic mass is 10.5. The van der Waals surface area contributed by atoms with Gasteiger partial charge in [0.25, 0.3) is 0 Å². The Kier molecular flexibility index (Phi) is 4.22. The van der Waals surface area contributed by atoms with E-state index in [2.05, 4.69) is 4.99 Å². The predicted molar refractivity (Wildman–Crippen MR) is 44.6 cm³/mol. The molecule has 0 saturated carbocycles. The van der Waals surface area contributed by atoms with Crippen molar-refractivity contribution in [3.05, 3.63) is 11.8 Å². The Morgan fingerprint density at radius 1 is 1.67 bits per heavy atom. The summed E-state index contributed by atoms with van der Waals surface area (Å²) in [7, 11) is 0. The smallest absolute Gasteiger partial charge is 0.158 e. The summed E-state index contributed by atoms with van der Waals surface area (Å²) in [5, 5.41) is 0.616. The van der Waals surface area contributed by atoms with E-state index in [0.717, 1.165) is 5.70 Å². The van der Waals surface area contributed by atoms with E-state index >= 15 is 0 Å². The topological polar surface area (TPSA) is 38.4 Å². The Balaban J connectivity index is 3.95. The highest BCUT2D eigenvalue weighted by Gasteiger charge is 1.85. The molecular formula is C6H12N2S. The third kappa shape index (κ3) is 4.09. The van der Waals surface area contributed by atoms with Crippen LogP contribution in [0.1, 0.15) is 13.8 Å². The Morgan fingerprint density at radius 3 is 2.56 bits per heavy atom. The average molecular weight is 144 g/mol. The van der Waals surface area contributed by atoms with E-state index in [9.17, 15) is 0 Å². The summed E-state index contributed by atoms with van der Waals surface area (Å²) in [5.74, 6) is 0. The lowest BCUT2D eigenvalue weighted by Crippen LogP contribution is -2.04. The van der Waals surface area contributed by atoms with Crippen LogP contribution in [0.15, 0.2) is 16.8 Å². The number of thioether (sulfide) groups is 1. The fraction of sp³-hybridized carbons (Fsp3) is 0.500. The Morgan fingerprint density at radius 2 is 2.22 bits per heavy atom. The molecule has 0 aliphatic rings. The molecule has 0 spiro atoms. The van der Waals surface area contributed by atoms with E-state index in [1.165, 1.54) is 11.8 Å². The van der Waals surface area contributed by atoms with Crippen molar-refractivity contribution in [2.75, 3.05) is 6.26 Å². The normalized spacial score (nSPS) is 14.1. The Bertz CT molecular complexity index is 138. The number of hydrogen-bond acceptors (Lipinski definition) is 2. The van der Waals surface area contributed by atoms with Crippen LogP contribution in [0, 0.1) is 0 Å². The van der Waals surface area contributed by atoms with Gasteiger partial charge in [-0.25, -0.2) is 4.99 Å². The molecule has 3 heteroatoms. The molecule has 0 rings (SSSR count). The quantitative estimate of drug-likeness (QED) is 0.448. The molecule has 0 atom stereocenters. The summed E-state index contributed by atoms with van der Waals surface area (Å²) >= 11 is 1.46. The van der Waals surface area contributed by atoms with Crippen molar-refractivity contribution in [1.82, 2.24) is 0 Å². The van der Waals surface area contributed by atoms with Gasteiger partial charge in [-0.05, 0) is 20.1 Å². The zero-order chi connectivity index (χ0) is 7.28. The minimum Gasteiger partial charge on any atom is -0.378 e. The number of aliphatic imine (C=N–C) groups is 1. The van der Waals surface area contributed by atoms with Crippen LogP contribution >= 0.6 is 11.8 Å². The van der Waals surface area contributed by atoms with Crippen LogP contribution in [0.4, 0.5) is 0 Å². The highest BCUT2D eigenvalue weighted by atomic mass is 32.2. The van der Waals surface area contributed by atoms with Crippen molar-refractivity contribution in [3.8, 4) is 0 Å². The molecule has 0 aromatic carbocycles. The fourth-order valence-electron chi connectivity index (χ4n) is 0.284. The molecule has 0 radical (unpaired) electrons. The van der Waals surface area contributed by atoms with Gasteiger partial charge >= 0.3 is 0 Å². The van der Waals surface area contributed by atoms with Crippen LogP contribution in [0.2, 0.25) is 0 Å². The fourth-order valence-corrected chi connectivity index (χ4v) is 0.519. The van der Waals surface area contributed by atoms with E-state index in [-0.39, 0.29) is 0 Å². The van der Waals surface area contributed by atoms with E-state index in [0.29, 0.717) is 5.17 Å². The maximum Gasteiger partial charge on any atom is 0.158 e. The second kappa shape index (κ2) is 4.44. The SMILES string of the molecule is C/C=C(\C)N=C(N)SC. The Labute approximate surface area is 60.2 Å². The van der Waals surface area contributed by atoms with Crippen LogP contribution in [0.25, 0.3) is 0 Å². The monoisotopic (exact) mass is 144 g/mol. The van der Waals surface area contributed by atoms with Gasteiger partial charge in [0, 0.05) is 5.70 Å². The first-order valence-corrected chi connectivity index (χ1v) is 3.94. The van der Waals surface area contributed by atoms with Gasteiger partial charge in [-0.3, -0.25) is 0 Å². The van der Waals surface area contributed by atoms with Crippen molar-refractivity contribution in [2.24, 2.45) is 10.7 Å². The maximum atomic E-state index is 5.42.